The Morgan fingerprint density at radius 3 is 2.67 bits per heavy atom. The van der Waals surface area contributed by atoms with Crippen molar-refractivity contribution in [1.29, 1.82) is 0 Å². The van der Waals surface area contributed by atoms with E-state index in [0.717, 1.165) is 10.8 Å². The Morgan fingerprint density at radius 2 is 2.42 bits per heavy atom. The molecule has 0 unspecified atom stereocenters. The molecule has 0 aliphatic heterocycles. The molecule has 0 atom stereocenters. The third-order valence-electron chi connectivity index (χ3n) is 1.33. The van der Waals surface area contributed by atoms with Gasteiger partial charge in [0.15, 0.2) is 0 Å². The SMILES string of the molecule is Cn1c([N+](=O)[O-])cnc1C(=O)Br. The minimum absolute atomic E-state index is 0.0155. The van der Waals surface area contributed by atoms with Gasteiger partial charge in [-0.1, -0.05) is 0 Å². The van der Waals surface area contributed by atoms with Gasteiger partial charge in [0.2, 0.25) is 0 Å². The average molecular weight is 234 g/mol. The Hall–Kier alpha value is -1.24. The van der Waals surface area contributed by atoms with Gasteiger partial charge in [-0.25, -0.2) is 9.55 Å². The van der Waals surface area contributed by atoms with Crippen LogP contribution < -0.4 is 0 Å². The lowest BCUT2D eigenvalue weighted by atomic mass is 10.7. The molecular formula is C5H4BrN3O3. The highest BCUT2D eigenvalue weighted by Gasteiger charge is 2.20. The molecule has 0 radical (unpaired) electrons. The number of imidazole rings is 1. The van der Waals surface area contributed by atoms with Crippen LogP contribution in [0.4, 0.5) is 5.82 Å². The molecule has 12 heavy (non-hydrogen) atoms. The first-order valence-corrected chi connectivity index (χ1v) is 3.69. The first kappa shape index (κ1) is 8.85. The maximum Gasteiger partial charge on any atom is 0.343 e. The van der Waals surface area contributed by atoms with Crippen molar-refractivity contribution in [1.82, 2.24) is 9.55 Å². The average Bonchev–Trinajstić information content (AvgIpc) is 2.30. The predicted octanol–water partition coefficient (Wildman–Crippen LogP) is 0.863. The summed E-state index contributed by atoms with van der Waals surface area (Å²) in [5.41, 5.74) is 0. The fraction of sp³-hybridized carbons (Fsp3) is 0.200. The van der Waals surface area contributed by atoms with E-state index in [9.17, 15) is 14.9 Å². The lowest BCUT2D eigenvalue weighted by Crippen LogP contribution is -2.03. The molecule has 0 fully saturated rings. The predicted molar refractivity (Wildman–Crippen MR) is 43.1 cm³/mol. The summed E-state index contributed by atoms with van der Waals surface area (Å²) in [4.78, 5) is 23.9. The number of carbonyl (C=O) groups excluding carboxylic acids is 1. The summed E-state index contributed by atoms with van der Waals surface area (Å²) in [5, 5.41) is 10.3. The molecule has 1 heterocycles. The minimum atomic E-state index is -0.605. The van der Waals surface area contributed by atoms with Crippen molar-refractivity contribution in [3.05, 3.63) is 22.1 Å². The topological polar surface area (TPSA) is 78.0 Å². The van der Waals surface area contributed by atoms with E-state index in [1.54, 1.807) is 0 Å². The molecule has 0 saturated heterocycles. The van der Waals surface area contributed by atoms with E-state index in [-0.39, 0.29) is 11.6 Å². The van der Waals surface area contributed by atoms with E-state index in [2.05, 4.69) is 20.9 Å². The molecule has 0 amide bonds. The van der Waals surface area contributed by atoms with Gasteiger partial charge in [-0.2, -0.15) is 0 Å². The highest BCUT2D eigenvalue weighted by Crippen LogP contribution is 2.13. The van der Waals surface area contributed by atoms with Crippen LogP contribution in [0.2, 0.25) is 0 Å². The van der Waals surface area contributed by atoms with Crippen molar-refractivity contribution in [2.75, 3.05) is 0 Å². The van der Waals surface area contributed by atoms with Crippen LogP contribution in [0.25, 0.3) is 0 Å². The maximum absolute atomic E-state index is 10.7. The molecule has 0 aromatic carbocycles. The maximum atomic E-state index is 10.7. The van der Waals surface area contributed by atoms with E-state index in [4.69, 9.17) is 0 Å². The molecule has 0 N–H and O–H groups in total. The number of carbonyl (C=O) groups is 1. The van der Waals surface area contributed by atoms with Crippen LogP contribution in [-0.4, -0.2) is 19.2 Å². The smallest absolute Gasteiger partial charge is 0.343 e. The minimum Gasteiger partial charge on any atom is -0.358 e. The summed E-state index contributed by atoms with van der Waals surface area (Å²) >= 11 is 2.65. The quantitative estimate of drug-likeness (QED) is 0.432. The molecule has 7 heteroatoms. The molecule has 1 aromatic rings. The third kappa shape index (κ3) is 1.35. The van der Waals surface area contributed by atoms with Crippen LogP contribution >= 0.6 is 15.9 Å². The fourth-order valence-electron chi connectivity index (χ4n) is 0.753. The molecule has 6 nitrogen and oxygen atoms in total. The van der Waals surface area contributed by atoms with E-state index in [1.807, 2.05) is 0 Å². The van der Waals surface area contributed by atoms with Crippen LogP contribution in [0.3, 0.4) is 0 Å². The fourth-order valence-corrected chi connectivity index (χ4v) is 1.12. The van der Waals surface area contributed by atoms with Crippen LogP contribution in [-0.2, 0) is 7.05 Å². The van der Waals surface area contributed by atoms with Gasteiger partial charge >= 0.3 is 5.82 Å². The lowest BCUT2D eigenvalue weighted by Gasteiger charge is -1.93. The van der Waals surface area contributed by atoms with E-state index in [1.165, 1.54) is 7.05 Å². The van der Waals surface area contributed by atoms with Gasteiger partial charge in [0.25, 0.3) is 10.5 Å². The van der Waals surface area contributed by atoms with Crippen LogP contribution in [0.15, 0.2) is 6.20 Å². The van der Waals surface area contributed by atoms with Crippen LogP contribution in [0.1, 0.15) is 10.6 Å². The van der Waals surface area contributed by atoms with Gasteiger partial charge in [0, 0.05) is 15.9 Å². The largest absolute Gasteiger partial charge is 0.358 e. The Bertz CT molecular complexity index is 314. The van der Waals surface area contributed by atoms with Crippen molar-refractivity contribution in [3.63, 3.8) is 0 Å². The molecule has 0 aliphatic carbocycles. The molecule has 1 rings (SSSR count). The Morgan fingerprint density at radius 1 is 1.83 bits per heavy atom. The Labute approximate surface area is 75.5 Å². The van der Waals surface area contributed by atoms with E-state index in [0.29, 0.717) is 0 Å². The van der Waals surface area contributed by atoms with Crippen molar-refractivity contribution < 1.29 is 9.72 Å². The zero-order valence-electron chi connectivity index (χ0n) is 6.02. The van der Waals surface area contributed by atoms with Crippen molar-refractivity contribution >= 4 is 26.4 Å². The zero-order chi connectivity index (χ0) is 9.30. The van der Waals surface area contributed by atoms with Crippen molar-refractivity contribution in [2.24, 2.45) is 7.05 Å². The van der Waals surface area contributed by atoms with Crippen molar-refractivity contribution in [2.45, 2.75) is 0 Å². The summed E-state index contributed by atoms with van der Waals surface area (Å²) in [5.74, 6) is -0.195. The number of hydrogen-bond acceptors (Lipinski definition) is 4. The number of aromatic nitrogens is 2. The third-order valence-corrected chi connectivity index (χ3v) is 1.68. The van der Waals surface area contributed by atoms with Gasteiger partial charge in [-0.15, -0.1) is 0 Å². The zero-order valence-corrected chi connectivity index (χ0v) is 7.61. The molecule has 0 aliphatic rings. The lowest BCUT2D eigenvalue weighted by molar-refractivity contribution is -0.391. The number of nitrogens with zero attached hydrogens (tertiary/aromatic N) is 3. The summed E-state index contributed by atoms with van der Waals surface area (Å²) in [6.07, 6.45) is 1.04. The first-order valence-electron chi connectivity index (χ1n) is 2.90. The number of rotatable bonds is 2. The standard InChI is InChI=1S/C5H4BrN3O3/c1-8-3(9(11)12)2-7-5(8)4(6)10/h2H,1H3. The normalized spacial score (nSPS) is 9.83. The van der Waals surface area contributed by atoms with Gasteiger partial charge in [-0.3, -0.25) is 4.79 Å². The summed E-state index contributed by atoms with van der Waals surface area (Å²) in [7, 11) is 1.40. The summed E-state index contributed by atoms with van der Waals surface area (Å²) < 4.78 is 0.634. The van der Waals surface area contributed by atoms with Crippen LogP contribution in [0, 0.1) is 10.1 Å². The van der Waals surface area contributed by atoms with E-state index < -0.39 is 9.62 Å². The second-order valence-corrected chi connectivity index (χ2v) is 2.75. The second kappa shape index (κ2) is 3.02. The Kier molecular flexibility index (Phi) is 2.22. The molecular weight excluding hydrogens is 230 g/mol. The van der Waals surface area contributed by atoms with Gasteiger partial charge in [0.05, 0.1) is 7.05 Å². The highest BCUT2D eigenvalue weighted by molar-refractivity contribution is 9.18. The molecule has 64 valence electrons. The molecule has 1 aromatic heterocycles. The Balaban J connectivity index is 3.22. The molecule has 0 bridgehead atoms. The van der Waals surface area contributed by atoms with Gasteiger partial charge < -0.3 is 10.1 Å². The van der Waals surface area contributed by atoms with Crippen molar-refractivity contribution in [3.8, 4) is 0 Å². The first-order chi connectivity index (χ1) is 5.54. The van der Waals surface area contributed by atoms with Gasteiger partial charge in [-0.05, 0) is 4.92 Å². The number of halogens is 1. The molecule has 0 spiro atoms. The monoisotopic (exact) mass is 233 g/mol. The summed E-state index contributed by atoms with van der Waals surface area (Å²) in [6.45, 7) is 0. The molecule has 0 saturated carbocycles. The van der Waals surface area contributed by atoms with Gasteiger partial charge in [0.1, 0.15) is 6.20 Å². The van der Waals surface area contributed by atoms with E-state index >= 15 is 0 Å². The second-order valence-electron chi connectivity index (χ2n) is 2.03. The summed E-state index contributed by atoms with van der Waals surface area (Å²) in [6, 6.07) is 0. The highest BCUT2D eigenvalue weighted by atomic mass is 79.9. The van der Waals surface area contributed by atoms with Crippen LogP contribution in [0.5, 0.6) is 0 Å². The number of nitro groups is 1. The number of hydrogen-bond donors (Lipinski definition) is 0.